The van der Waals surface area contributed by atoms with Crippen molar-refractivity contribution in [2.75, 3.05) is 17.6 Å². The number of halogens is 1. The van der Waals surface area contributed by atoms with Crippen molar-refractivity contribution in [3.63, 3.8) is 0 Å². The SMILES string of the molecule is NC(=O)C(O)CNc1nc(N)ncc1F. The summed E-state index contributed by atoms with van der Waals surface area (Å²) >= 11 is 0. The van der Waals surface area contributed by atoms with Gasteiger partial charge in [0.25, 0.3) is 0 Å². The van der Waals surface area contributed by atoms with E-state index in [1.165, 1.54) is 0 Å². The van der Waals surface area contributed by atoms with Crippen molar-refractivity contribution in [3.8, 4) is 0 Å². The number of nitrogens with one attached hydrogen (secondary N) is 1. The lowest BCUT2D eigenvalue weighted by Crippen LogP contribution is -2.34. The molecule has 0 saturated carbocycles. The number of aromatic nitrogens is 2. The maximum absolute atomic E-state index is 13.0. The summed E-state index contributed by atoms with van der Waals surface area (Å²) in [5, 5.41) is 11.4. The van der Waals surface area contributed by atoms with Crippen molar-refractivity contribution < 1.29 is 14.3 Å². The second kappa shape index (κ2) is 4.51. The summed E-state index contributed by atoms with van der Waals surface area (Å²) in [6.45, 7) is -0.247. The molecule has 1 unspecified atom stereocenters. The quantitative estimate of drug-likeness (QED) is 0.481. The number of aliphatic hydroxyl groups is 1. The number of hydrogen-bond donors (Lipinski definition) is 4. The van der Waals surface area contributed by atoms with Gasteiger partial charge in [-0.3, -0.25) is 4.79 Å². The Balaban J connectivity index is 2.65. The van der Waals surface area contributed by atoms with Gasteiger partial charge in [0.2, 0.25) is 11.9 Å². The van der Waals surface area contributed by atoms with Gasteiger partial charge in [-0.15, -0.1) is 0 Å². The molecule has 0 spiro atoms. The van der Waals surface area contributed by atoms with Gasteiger partial charge in [-0.2, -0.15) is 4.98 Å². The Morgan fingerprint density at radius 2 is 2.40 bits per heavy atom. The third-order valence-corrected chi connectivity index (χ3v) is 1.55. The highest BCUT2D eigenvalue weighted by Crippen LogP contribution is 2.09. The number of amides is 1. The fourth-order valence-electron chi connectivity index (χ4n) is 0.799. The fourth-order valence-corrected chi connectivity index (χ4v) is 0.799. The molecule has 0 aromatic carbocycles. The minimum absolute atomic E-state index is 0.118. The molecular weight excluding hydrogens is 205 g/mol. The number of primary amides is 1. The maximum Gasteiger partial charge on any atom is 0.248 e. The van der Waals surface area contributed by atoms with E-state index in [0.29, 0.717) is 0 Å². The molecule has 0 bridgehead atoms. The van der Waals surface area contributed by atoms with Gasteiger partial charge in [-0.1, -0.05) is 0 Å². The molecule has 82 valence electrons. The van der Waals surface area contributed by atoms with Crippen LogP contribution in [0.25, 0.3) is 0 Å². The molecule has 1 aromatic rings. The Hall–Kier alpha value is -1.96. The average Bonchev–Trinajstić information content (AvgIpc) is 2.18. The van der Waals surface area contributed by atoms with Crippen molar-refractivity contribution in [2.45, 2.75) is 6.10 Å². The van der Waals surface area contributed by atoms with Crippen LogP contribution >= 0.6 is 0 Å². The van der Waals surface area contributed by atoms with Gasteiger partial charge in [0.15, 0.2) is 11.6 Å². The summed E-state index contributed by atoms with van der Waals surface area (Å²) in [6.07, 6.45) is -0.540. The molecule has 0 aliphatic carbocycles. The summed E-state index contributed by atoms with van der Waals surface area (Å²) < 4.78 is 13.0. The smallest absolute Gasteiger partial charge is 0.248 e. The lowest BCUT2D eigenvalue weighted by Gasteiger charge is -2.09. The minimum atomic E-state index is -1.42. The molecule has 1 atom stereocenters. The first-order chi connectivity index (χ1) is 7.00. The van der Waals surface area contributed by atoms with E-state index < -0.39 is 17.8 Å². The first-order valence-electron chi connectivity index (χ1n) is 4.00. The second-order valence-corrected chi connectivity index (χ2v) is 2.72. The van der Waals surface area contributed by atoms with Crippen molar-refractivity contribution >= 4 is 17.7 Å². The van der Waals surface area contributed by atoms with E-state index in [1.54, 1.807) is 0 Å². The van der Waals surface area contributed by atoms with Gasteiger partial charge < -0.3 is 21.9 Å². The molecule has 0 saturated heterocycles. The molecule has 6 N–H and O–H groups in total. The van der Waals surface area contributed by atoms with Crippen LogP contribution in [0.1, 0.15) is 0 Å². The van der Waals surface area contributed by atoms with Gasteiger partial charge in [0.1, 0.15) is 6.10 Å². The molecule has 8 heteroatoms. The zero-order chi connectivity index (χ0) is 11.4. The van der Waals surface area contributed by atoms with Gasteiger partial charge >= 0.3 is 0 Å². The van der Waals surface area contributed by atoms with E-state index in [2.05, 4.69) is 15.3 Å². The Bertz CT molecular complexity index is 372. The molecule has 15 heavy (non-hydrogen) atoms. The number of rotatable bonds is 4. The fraction of sp³-hybridized carbons (Fsp3) is 0.286. The lowest BCUT2D eigenvalue weighted by atomic mass is 10.3. The molecule has 1 rings (SSSR count). The van der Waals surface area contributed by atoms with Crippen LogP contribution in [-0.2, 0) is 4.79 Å². The largest absolute Gasteiger partial charge is 0.381 e. The molecule has 1 heterocycles. The van der Waals surface area contributed by atoms with E-state index in [0.717, 1.165) is 6.20 Å². The summed E-state index contributed by atoms with van der Waals surface area (Å²) in [4.78, 5) is 17.4. The Morgan fingerprint density at radius 3 is 3.00 bits per heavy atom. The summed E-state index contributed by atoms with van der Waals surface area (Å²) in [5.74, 6) is -1.96. The van der Waals surface area contributed by atoms with Crippen molar-refractivity contribution in [1.82, 2.24) is 9.97 Å². The number of anilines is 2. The molecular formula is C7H10FN5O2. The molecule has 0 aliphatic rings. The Labute approximate surface area is 84.3 Å². The minimum Gasteiger partial charge on any atom is -0.381 e. The highest BCUT2D eigenvalue weighted by Gasteiger charge is 2.12. The number of aliphatic hydroxyl groups excluding tert-OH is 1. The third kappa shape index (κ3) is 3.02. The maximum atomic E-state index is 13.0. The highest BCUT2D eigenvalue weighted by atomic mass is 19.1. The van der Waals surface area contributed by atoms with Crippen LogP contribution in [0.2, 0.25) is 0 Å². The highest BCUT2D eigenvalue weighted by molar-refractivity contribution is 5.79. The van der Waals surface area contributed by atoms with Gasteiger partial charge in [0.05, 0.1) is 12.7 Å². The van der Waals surface area contributed by atoms with Crippen LogP contribution in [0.5, 0.6) is 0 Å². The predicted octanol–water partition coefficient (Wildman–Crippen LogP) is -1.54. The van der Waals surface area contributed by atoms with E-state index in [9.17, 15) is 9.18 Å². The van der Waals surface area contributed by atoms with Crippen LogP contribution in [0.3, 0.4) is 0 Å². The summed E-state index contributed by atoms with van der Waals surface area (Å²) in [6, 6.07) is 0. The summed E-state index contributed by atoms with van der Waals surface area (Å²) in [7, 11) is 0. The molecule has 0 radical (unpaired) electrons. The molecule has 1 aromatic heterocycles. The number of carbonyl (C=O) groups excluding carboxylic acids is 1. The zero-order valence-corrected chi connectivity index (χ0v) is 7.64. The van der Waals surface area contributed by atoms with E-state index in [-0.39, 0.29) is 18.3 Å². The number of carbonyl (C=O) groups is 1. The van der Waals surface area contributed by atoms with Crippen LogP contribution < -0.4 is 16.8 Å². The first-order valence-corrected chi connectivity index (χ1v) is 4.00. The van der Waals surface area contributed by atoms with Gasteiger partial charge in [0, 0.05) is 0 Å². The number of nitrogens with zero attached hydrogens (tertiary/aromatic N) is 2. The molecule has 1 amide bonds. The van der Waals surface area contributed by atoms with E-state index in [1.807, 2.05) is 0 Å². The van der Waals surface area contributed by atoms with E-state index >= 15 is 0 Å². The second-order valence-electron chi connectivity index (χ2n) is 2.72. The number of nitrogens with two attached hydrogens (primary N) is 2. The zero-order valence-electron chi connectivity index (χ0n) is 7.64. The molecule has 0 aliphatic heterocycles. The Kier molecular flexibility index (Phi) is 3.34. The monoisotopic (exact) mass is 215 g/mol. The van der Waals surface area contributed by atoms with Gasteiger partial charge in [-0.05, 0) is 0 Å². The van der Waals surface area contributed by atoms with Crippen LogP contribution in [0.4, 0.5) is 16.2 Å². The topological polar surface area (TPSA) is 127 Å². The van der Waals surface area contributed by atoms with Crippen LogP contribution in [-0.4, -0.2) is 33.6 Å². The van der Waals surface area contributed by atoms with Crippen LogP contribution in [0.15, 0.2) is 6.20 Å². The number of hydrogen-bond acceptors (Lipinski definition) is 6. The van der Waals surface area contributed by atoms with Gasteiger partial charge in [-0.25, -0.2) is 9.37 Å². The van der Waals surface area contributed by atoms with Crippen molar-refractivity contribution in [1.29, 1.82) is 0 Å². The third-order valence-electron chi connectivity index (χ3n) is 1.55. The molecule has 0 fully saturated rings. The standard InChI is InChI=1S/C7H10FN5O2/c8-3-1-12-7(10)13-6(3)11-2-4(14)5(9)15/h1,4,14H,2H2,(H2,9,15)(H3,10,11,12,13). The first kappa shape index (κ1) is 11.1. The van der Waals surface area contributed by atoms with E-state index in [4.69, 9.17) is 16.6 Å². The normalized spacial score (nSPS) is 12.1. The molecule has 7 nitrogen and oxygen atoms in total. The number of nitrogen functional groups attached to an aromatic ring is 1. The Morgan fingerprint density at radius 1 is 1.73 bits per heavy atom. The van der Waals surface area contributed by atoms with Crippen LogP contribution in [0, 0.1) is 5.82 Å². The predicted molar refractivity (Wildman–Crippen MR) is 50.1 cm³/mol. The summed E-state index contributed by atoms with van der Waals surface area (Å²) in [5.41, 5.74) is 10.00. The average molecular weight is 215 g/mol. The lowest BCUT2D eigenvalue weighted by molar-refractivity contribution is -0.125. The van der Waals surface area contributed by atoms with Crippen molar-refractivity contribution in [3.05, 3.63) is 12.0 Å². The van der Waals surface area contributed by atoms with Crippen molar-refractivity contribution in [2.24, 2.45) is 5.73 Å².